The summed E-state index contributed by atoms with van der Waals surface area (Å²) in [6.07, 6.45) is -2.06. The van der Waals surface area contributed by atoms with Crippen LogP contribution in [-0.2, 0) is 20.9 Å². The summed E-state index contributed by atoms with van der Waals surface area (Å²) in [4.78, 5) is 36.0. The third kappa shape index (κ3) is 6.69. The number of aliphatic hydroxyl groups excluding tert-OH is 1. The molecular formula is C17H26N4O5. The van der Waals surface area contributed by atoms with Crippen LogP contribution in [0.25, 0.3) is 0 Å². The first-order valence-electron chi connectivity index (χ1n) is 8.22. The lowest BCUT2D eigenvalue weighted by atomic mass is 10.0. The molecule has 0 aromatic heterocycles. The number of hydrogen-bond donors (Lipinski definition) is 5. The molecule has 3 atom stereocenters. The second kappa shape index (κ2) is 10.4. The molecule has 9 heteroatoms. The van der Waals surface area contributed by atoms with E-state index in [0.29, 0.717) is 0 Å². The maximum atomic E-state index is 12.4. The Morgan fingerprint density at radius 1 is 1.04 bits per heavy atom. The molecule has 0 radical (unpaired) electrons. The Hall–Kier alpha value is -2.65. The van der Waals surface area contributed by atoms with Crippen LogP contribution in [-0.4, -0.2) is 41.2 Å². The van der Waals surface area contributed by atoms with Gasteiger partial charge in [0.25, 0.3) is 5.91 Å². The number of benzene rings is 1. The lowest BCUT2D eigenvalue weighted by Gasteiger charge is -2.25. The summed E-state index contributed by atoms with van der Waals surface area (Å²) < 4.78 is 5.04. The number of rotatable bonds is 8. The van der Waals surface area contributed by atoms with Gasteiger partial charge in [-0.25, -0.2) is 10.6 Å². The van der Waals surface area contributed by atoms with Crippen molar-refractivity contribution >= 4 is 17.9 Å². The number of amides is 3. The topological polar surface area (TPSA) is 143 Å². The first-order chi connectivity index (χ1) is 12.3. The molecule has 1 aromatic carbocycles. The molecule has 1 aromatic rings. The molecule has 0 heterocycles. The van der Waals surface area contributed by atoms with Crippen LogP contribution in [0, 0.1) is 5.92 Å². The average molecular weight is 366 g/mol. The zero-order valence-corrected chi connectivity index (χ0v) is 15.1. The molecule has 1 rings (SSSR count). The Balaban J connectivity index is 2.67. The van der Waals surface area contributed by atoms with Crippen LogP contribution >= 0.6 is 0 Å². The van der Waals surface area contributed by atoms with Crippen molar-refractivity contribution in [2.24, 2.45) is 11.8 Å². The van der Waals surface area contributed by atoms with E-state index in [2.05, 4.69) is 10.6 Å². The van der Waals surface area contributed by atoms with Gasteiger partial charge in [0.15, 0.2) is 0 Å². The number of carbonyl (C=O) groups excluding carboxylic acids is 3. The van der Waals surface area contributed by atoms with Crippen molar-refractivity contribution in [2.75, 3.05) is 0 Å². The molecule has 0 aliphatic heterocycles. The van der Waals surface area contributed by atoms with Gasteiger partial charge in [0.1, 0.15) is 18.7 Å². The van der Waals surface area contributed by atoms with Gasteiger partial charge in [-0.1, -0.05) is 44.2 Å². The molecular weight excluding hydrogens is 340 g/mol. The third-order valence-electron chi connectivity index (χ3n) is 3.64. The molecule has 6 N–H and O–H groups in total. The number of hydrazine groups is 1. The van der Waals surface area contributed by atoms with Crippen molar-refractivity contribution in [2.45, 2.75) is 45.6 Å². The summed E-state index contributed by atoms with van der Waals surface area (Å²) in [6, 6.07) is 6.81. The smallest absolute Gasteiger partial charge is 0.408 e. The van der Waals surface area contributed by atoms with Crippen molar-refractivity contribution in [3.05, 3.63) is 35.9 Å². The minimum atomic E-state index is -1.29. The van der Waals surface area contributed by atoms with Crippen molar-refractivity contribution in [1.82, 2.24) is 16.1 Å². The number of alkyl carbamates (subject to hydrolysis) is 1. The summed E-state index contributed by atoms with van der Waals surface area (Å²) in [5.41, 5.74) is 2.75. The van der Waals surface area contributed by atoms with E-state index in [1.165, 1.54) is 6.92 Å². The summed E-state index contributed by atoms with van der Waals surface area (Å²) in [5.74, 6) is 3.56. The number of ether oxygens (including phenoxy) is 1. The molecule has 3 amide bonds. The van der Waals surface area contributed by atoms with Crippen LogP contribution < -0.4 is 21.9 Å². The predicted octanol–water partition coefficient (Wildman–Crippen LogP) is -0.207. The summed E-state index contributed by atoms with van der Waals surface area (Å²) >= 11 is 0. The van der Waals surface area contributed by atoms with Crippen LogP contribution in [0.4, 0.5) is 4.79 Å². The molecule has 0 aliphatic carbocycles. The highest BCUT2D eigenvalue weighted by molar-refractivity contribution is 5.91. The van der Waals surface area contributed by atoms with E-state index in [1.807, 2.05) is 11.5 Å². The number of nitrogens with two attached hydrogens (primary N) is 1. The van der Waals surface area contributed by atoms with Gasteiger partial charge in [0.2, 0.25) is 5.91 Å². The van der Waals surface area contributed by atoms with Crippen LogP contribution in [0.5, 0.6) is 0 Å². The standard InChI is InChI=1S/C17H26N4O5/c1-10(2)13(16(24)21-18)19-15(23)14(11(3)22)20-17(25)26-9-12-7-5-4-6-8-12/h4-8,10-11,13-14,22H,9,18H2,1-3H3,(H,19,23)(H,20,25)(H,21,24)/t11-,13-,14+/m1/s1. The highest BCUT2D eigenvalue weighted by Gasteiger charge is 2.31. The maximum absolute atomic E-state index is 12.4. The van der Waals surface area contributed by atoms with Crippen molar-refractivity contribution in [1.29, 1.82) is 0 Å². The quantitative estimate of drug-likeness (QED) is 0.245. The fraction of sp³-hybridized carbons (Fsp3) is 0.471. The summed E-state index contributed by atoms with van der Waals surface area (Å²) in [5, 5.41) is 14.6. The number of carbonyl (C=O) groups is 3. The van der Waals surface area contributed by atoms with Crippen molar-refractivity contribution < 1.29 is 24.2 Å². The molecule has 26 heavy (non-hydrogen) atoms. The Bertz CT molecular complexity index is 606. The number of hydrogen-bond acceptors (Lipinski definition) is 6. The molecule has 0 spiro atoms. The van der Waals surface area contributed by atoms with Gasteiger partial charge in [-0.3, -0.25) is 15.0 Å². The fourth-order valence-corrected chi connectivity index (χ4v) is 2.16. The summed E-state index contributed by atoms with van der Waals surface area (Å²) in [6.45, 7) is 4.80. The van der Waals surface area contributed by atoms with Gasteiger partial charge in [0, 0.05) is 0 Å². The highest BCUT2D eigenvalue weighted by Crippen LogP contribution is 2.05. The largest absolute Gasteiger partial charge is 0.445 e. The van der Waals surface area contributed by atoms with Crippen LogP contribution in [0.1, 0.15) is 26.3 Å². The van der Waals surface area contributed by atoms with E-state index in [9.17, 15) is 19.5 Å². The lowest BCUT2D eigenvalue weighted by Crippen LogP contribution is -2.58. The molecule has 144 valence electrons. The minimum absolute atomic E-state index is 0.0189. The van der Waals surface area contributed by atoms with Crippen LogP contribution in [0.15, 0.2) is 30.3 Å². The van der Waals surface area contributed by atoms with Crippen LogP contribution in [0.3, 0.4) is 0 Å². The van der Waals surface area contributed by atoms with E-state index in [4.69, 9.17) is 10.6 Å². The Kier molecular flexibility index (Phi) is 8.53. The molecule has 0 fully saturated rings. The normalized spacial score (nSPS) is 14.1. The van der Waals surface area contributed by atoms with E-state index >= 15 is 0 Å². The van der Waals surface area contributed by atoms with Gasteiger partial charge >= 0.3 is 6.09 Å². The van der Waals surface area contributed by atoms with Crippen molar-refractivity contribution in [3.63, 3.8) is 0 Å². The minimum Gasteiger partial charge on any atom is -0.445 e. The molecule has 0 aliphatic rings. The monoisotopic (exact) mass is 366 g/mol. The van der Waals surface area contributed by atoms with E-state index in [1.54, 1.807) is 38.1 Å². The SMILES string of the molecule is CC(C)[C@@H](NC(=O)[C@@H](NC(=O)OCc1ccccc1)[C@@H](C)O)C(=O)NN. The van der Waals surface area contributed by atoms with Gasteiger partial charge in [-0.05, 0) is 18.4 Å². The van der Waals surface area contributed by atoms with E-state index in [0.717, 1.165) is 5.56 Å². The maximum Gasteiger partial charge on any atom is 0.408 e. The lowest BCUT2D eigenvalue weighted by molar-refractivity contribution is -0.132. The molecule has 0 saturated heterocycles. The van der Waals surface area contributed by atoms with Crippen molar-refractivity contribution in [3.8, 4) is 0 Å². The van der Waals surface area contributed by atoms with Gasteiger partial charge in [-0.2, -0.15) is 0 Å². The van der Waals surface area contributed by atoms with Gasteiger partial charge < -0.3 is 20.5 Å². The zero-order chi connectivity index (χ0) is 19.7. The van der Waals surface area contributed by atoms with Gasteiger partial charge in [0.05, 0.1) is 6.10 Å². The Labute approximate surface area is 152 Å². The highest BCUT2D eigenvalue weighted by atomic mass is 16.5. The second-order valence-electron chi connectivity index (χ2n) is 6.16. The Morgan fingerprint density at radius 3 is 2.15 bits per heavy atom. The van der Waals surface area contributed by atoms with Crippen LogP contribution in [0.2, 0.25) is 0 Å². The number of nitrogens with one attached hydrogen (secondary N) is 3. The first kappa shape index (κ1) is 21.4. The molecule has 0 bridgehead atoms. The fourth-order valence-electron chi connectivity index (χ4n) is 2.16. The third-order valence-corrected chi connectivity index (χ3v) is 3.64. The zero-order valence-electron chi connectivity index (χ0n) is 15.1. The second-order valence-corrected chi connectivity index (χ2v) is 6.16. The van der Waals surface area contributed by atoms with E-state index in [-0.39, 0.29) is 12.5 Å². The predicted molar refractivity (Wildman–Crippen MR) is 94.3 cm³/mol. The first-order valence-corrected chi connectivity index (χ1v) is 8.22. The van der Waals surface area contributed by atoms with Gasteiger partial charge in [-0.15, -0.1) is 0 Å². The Morgan fingerprint density at radius 2 is 1.65 bits per heavy atom. The van der Waals surface area contributed by atoms with E-state index < -0.39 is 36.1 Å². The molecule has 9 nitrogen and oxygen atoms in total. The number of aliphatic hydroxyl groups is 1. The summed E-state index contributed by atoms with van der Waals surface area (Å²) in [7, 11) is 0. The average Bonchev–Trinajstić information content (AvgIpc) is 2.61. The molecule has 0 saturated carbocycles. The molecule has 0 unspecified atom stereocenters.